The summed E-state index contributed by atoms with van der Waals surface area (Å²) in [5.41, 5.74) is 4.70. The second kappa shape index (κ2) is 8.24. The summed E-state index contributed by atoms with van der Waals surface area (Å²) in [6, 6.07) is 10.1. The molecule has 1 aromatic carbocycles. The van der Waals surface area contributed by atoms with Crippen LogP contribution in [0.3, 0.4) is 0 Å². The molecule has 0 amide bonds. The number of esters is 1. The van der Waals surface area contributed by atoms with Crippen molar-refractivity contribution >= 4 is 39.9 Å². The fraction of sp³-hybridized carbons (Fsp3) is 0.273. The van der Waals surface area contributed by atoms with Gasteiger partial charge in [-0.2, -0.15) is 0 Å². The zero-order valence-electron chi connectivity index (χ0n) is 15.3. The van der Waals surface area contributed by atoms with E-state index in [1.165, 1.54) is 23.3 Å². The highest BCUT2D eigenvalue weighted by atomic mass is 35.5. The number of rotatable bonds is 4. The first-order chi connectivity index (χ1) is 12.7. The predicted molar refractivity (Wildman–Crippen MR) is 114 cm³/mol. The second-order valence-corrected chi connectivity index (χ2v) is 7.68. The minimum Gasteiger partial charge on any atom is -0.458 e. The first kappa shape index (κ1) is 19.6. The molecule has 2 heterocycles. The summed E-state index contributed by atoms with van der Waals surface area (Å²) in [5, 5.41) is 1.15. The van der Waals surface area contributed by atoms with Gasteiger partial charge in [0, 0.05) is 15.8 Å². The number of ether oxygens (including phenoxy) is 1. The number of pyridine rings is 1. The number of hydrogen-bond acceptors (Lipinski definition) is 4. The highest BCUT2D eigenvalue weighted by Gasteiger charge is 2.26. The van der Waals surface area contributed by atoms with E-state index >= 15 is 0 Å². The van der Waals surface area contributed by atoms with Crippen molar-refractivity contribution in [1.29, 1.82) is 0 Å². The van der Waals surface area contributed by atoms with Crippen molar-refractivity contribution in [2.75, 3.05) is 6.61 Å². The van der Waals surface area contributed by atoms with Gasteiger partial charge in [-0.05, 0) is 43.7 Å². The summed E-state index contributed by atoms with van der Waals surface area (Å²) >= 11 is 1.78. The van der Waals surface area contributed by atoms with Crippen molar-refractivity contribution in [3.8, 4) is 11.1 Å². The molecule has 4 rings (SSSR count). The molecule has 0 radical (unpaired) electrons. The number of nitrogens with zero attached hydrogens (tertiary/aromatic N) is 1. The van der Waals surface area contributed by atoms with Crippen LogP contribution in [0.25, 0.3) is 21.3 Å². The fourth-order valence-electron chi connectivity index (χ4n) is 3.75. The standard InChI is InChI=1S/C22H21NO2S.ClH/c1-3-13-25-22(24)18-14(2)23-21-20(16-11-7-8-12-17(16)26-21)19(18)15-9-5-4-6-10-15;/h3-6,9-10H,1,7-8,11-13H2,2H3;1H. The number of aromatic nitrogens is 1. The van der Waals surface area contributed by atoms with Gasteiger partial charge in [0.25, 0.3) is 0 Å². The number of benzene rings is 1. The number of carbonyl (C=O) groups is 1. The quantitative estimate of drug-likeness (QED) is 0.404. The molecule has 0 unspecified atom stereocenters. The maximum absolute atomic E-state index is 12.8. The number of halogens is 1. The van der Waals surface area contributed by atoms with Crippen LogP contribution < -0.4 is 0 Å². The van der Waals surface area contributed by atoms with E-state index in [1.807, 2.05) is 25.1 Å². The Morgan fingerprint density at radius 2 is 2.00 bits per heavy atom. The normalized spacial score (nSPS) is 12.9. The van der Waals surface area contributed by atoms with Gasteiger partial charge in [-0.25, -0.2) is 9.78 Å². The lowest BCUT2D eigenvalue weighted by molar-refractivity contribution is 0.0549. The van der Waals surface area contributed by atoms with E-state index in [4.69, 9.17) is 9.72 Å². The van der Waals surface area contributed by atoms with E-state index in [2.05, 4.69) is 18.7 Å². The Bertz CT molecular complexity index is 995. The van der Waals surface area contributed by atoms with E-state index in [9.17, 15) is 4.79 Å². The minimum absolute atomic E-state index is 0. The van der Waals surface area contributed by atoms with Gasteiger partial charge in [0.15, 0.2) is 0 Å². The Morgan fingerprint density at radius 3 is 2.74 bits per heavy atom. The second-order valence-electron chi connectivity index (χ2n) is 6.59. The Labute approximate surface area is 169 Å². The smallest absolute Gasteiger partial charge is 0.340 e. The zero-order chi connectivity index (χ0) is 18.1. The van der Waals surface area contributed by atoms with Crippen molar-refractivity contribution in [2.45, 2.75) is 32.6 Å². The summed E-state index contributed by atoms with van der Waals surface area (Å²) in [5.74, 6) is -0.327. The molecule has 0 N–H and O–H groups in total. The highest BCUT2D eigenvalue weighted by Crippen LogP contribution is 2.43. The SMILES string of the molecule is C=CCOC(=O)c1c(C)nc2sc3c(c2c1-c1ccccc1)CCCC3.Cl. The van der Waals surface area contributed by atoms with Gasteiger partial charge < -0.3 is 4.74 Å². The third kappa shape index (κ3) is 3.52. The molecule has 0 saturated carbocycles. The van der Waals surface area contributed by atoms with Crippen LogP contribution in [0.1, 0.15) is 39.3 Å². The number of hydrogen-bond donors (Lipinski definition) is 0. The van der Waals surface area contributed by atoms with Crippen LogP contribution in [0, 0.1) is 6.92 Å². The molecule has 2 aromatic heterocycles. The molecule has 0 atom stereocenters. The van der Waals surface area contributed by atoms with Gasteiger partial charge in [-0.1, -0.05) is 43.0 Å². The third-order valence-corrected chi connectivity index (χ3v) is 6.07. The summed E-state index contributed by atoms with van der Waals surface area (Å²) in [6.45, 7) is 5.74. The van der Waals surface area contributed by atoms with Crippen LogP contribution in [0.2, 0.25) is 0 Å². The molecule has 5 heteroatoms. The van der Waals surface area contributed by atoms with Crippen molar-refractivity contribution in [3.05, 3.63) is 64.7 Å². The molecule has 0 spiro atoms. The lowest BCUT2D eigenvalue weighted by atomic mass is 9.90. The average molecular weight is 400 g/mol. The minimum atomic E-state index is -0.327. The summed E-state index contributed by atoms with van der Waals surface area (Å²) in [4.78, 5) is 20.1. The van der Waals surface area contributed by atoms with Crippen LogP contribution >= 0.6 is 23.7 Å². The highest BCUT2D eigenvalue weighted by molar-refractivity contribution is 7.19. The molecule has 140 valence electrons. The van der Waals surface area contributed by atoms with E-state index in [0.29, 0.717) is 5.56 Å². The van der Waals surface area contributed by atoms with Crippen LogP contribution in [0.4, 0.5) is 0 Å². The van der Waals surface area contributed by atoms with Crippen LogP contribution in [-0.4, -0.2) is 17.6 Å². The first-order valence-corrected chi connectivity index (χ1v) is 9.80. The van der Waals surface area contributed by atoms with Gasteiger partial charge >= 0.3 is 5.97 Å². The van der Waals surface area contributed by atoms with E-state index < -0.39 is 0 Å². The molecular weight excluding hydrogens is 378 g/mol. The van der Waals surface area contributed by atoms with Gasteiger partial charge in [-0.3, -0.25) is 0 Å². The topological polar surface area (TPSA) is 39.2 Å². The number of thiophene rings is 1. The average Bonchev–Trinajstić information content (AvgIpc) is 3.03. The molecule has 1 aliphatic carbocycles. The maximum Gasteiger partial charge on any atom is 0.340 e. The first-order valence-electron chi connectivity index (χ1n) is 8.99. The zero-order valence-corrected chi connectivity index (χ0v) is 16.9. The molecular formula is C22H22ClNO2S. The predicted octanol–water partition coefficient (Wildman–Crippen LogP) is 5.92. The lowest BCUT2D eigenvalue weighted by Gasteiger charge is -2.16. The molecule has 0 aliphatic heterocycles. The van der Waals surface area contributed by atoms with Gasteiger partial charge in [0.05, 0.1) is 11.3 Å². The van der Waals surface area contributed by atoms with Crippen LogP contribution in [0.15, 0.2) is 43.0 Å². The molecule has 3 nitrogen and oxygen atoms in total. The summed E-state index contributed by atoms with van der Waals surface area (Å²) < 4.78 is 5.40. The molecule has 3 aromatic rings. The molecule has 0 saturated heterocycles. The fourth-order valence-corrected chi connectivity index (χ4v) is 5.07. The van der Waals surface area contributed by atoms with E-state index in [0.717, 1.165) is 39.9 Å². The molecule has 27 heavy (non-hydrogen) atoms. The van der Waals surface area contributed by atoms with Gasteiger partial charge in [0.2, 0.25) is 0 Å². The van der Waals surface area contributed by atoms with Crippen LogP contribution in [0.5, 0.6) is 0 Å². The van der Waals surface area contributed by atoms with Crippen molar-refractivity contribution in [1.82, 2.24) is 4.98 Å². The van der Waals surface area contributed by atoms with E-state index in [-0.39, 0.29) is 25.0 Å². The Hall–Kier alpha value is -2.17. The van der Waals surface area contributed by atoms with E-state index in [1.54, 1.807) is 17.4 Å². The maximum atomic E-state index is 12.8. The summed E-state index contributed by atoms with van der Waals surface area (Å²) in [6.07, 6.45) is 6.18. The number of aryl methyl sites for hydroxylation is 3. The van der Waals surface area contributed by atoms with Crippen LogP contribution in [-0.2, 0) is 17.6 Å². The van der Waals surface area contributed by atoms with Crippen molar-refractivity contribution < 1.29 is 9.53 Å². The number of carbonyl (C=O) groups excluding carboxylic acids is 1. The lowest BCUT2D eigenvalue weighted by Crippen LogP contribution is -2.11. The number of fused-ring (bicyclic) bond motifs is 3. The van der Waals surface area contributed by atoms with Gasteiger partial charge in [0.1, 0.15) is 11.4 Å². The molecule has 0 bridgehead atoms. The summed E-state index contributed by atoms with van der Waals surface area (Å²) in [7, 11) is 0. The Kier molecular flexibility index (Phi) is 5.98. The largest absolute Gasteiger partial charge is 0.458 e. The molecule has 1 aliphatic rings. The Balaban J connectivity index is 0.00000210. The monoisotopic (exact) mass is 399 g/mol. The van der Waals surface area contributed by atoms with Crippen molar-refractivity contribution in [3.63, 3.8) is 0 Å². The van der Waals surface area contributed by atoms with Crippen molar-refractivity contribution in [2.24, 2.45) is 0 Å². The Morgan fingerprint density at radius 1 is 1.26 bits per heavy atom. The van der Waals surface area contributed by atoms with Gasteiger partial charge in [-0.15, -0.1) is 23.7 Å². The molecule has 0 fully saturated rings. The third-order valence-electron chi connectivity index (χ3n) is 4.88.